The summed E-state index contributed by atoms with van der Waals surface area (Å²) in [4.78, 5) is 23.1. The molecule has 27 heavy (non-hydrogen) atoms. The van der Waals surface area contributed by atoms with E-state index >= 15 is 0 Å². The minimum atomic E-state index is -0.525. The standard InChI is InChI=1S/C18H34N6O2S/c1-9-19-14(20-10-13-11-27-15(22-13)24(7)8)21-12-18(5,6)23-16(25)26-17(2,3)4/h11H,9-10,12H2,1-8H3,(H,23,25)(H2,19,20,21). The summed E-state index contributed by atoms with van der Waals surface area (Å²) in [7, 11) is 3.94. The topological polar surface area (TPSA) is 90.9 Å². The van der Waals surface area contributed by atoms with Crippen LogP contribution in [-0.4, -0.2) is 55.4 Å². The maximum absolute atomic E-state index is 12.0. The van der Waals surface area contributed by atoms with Crippen LogP contribution in [0.4, 0.5) is 9.93 Å². The second-order valence-electron chi connectivity index (χ2n) is 8.08. The molecule has 0 radical (unpaired) electrons. The molecule has 0 aromatic carbocycles. The predicted octanol–water partition coefficient (Wildman–Crippen LogP) is 2.57. The van der Waals surface area contributed by atoms with Gasteiger partial charge in [0.2, 0.25) is 0 Å². The van der Waals surface area contributed by atoms with E-state index in [9.17, 15) is 4.79 Å². The third-order valence-electron chi connectivity index (χ3n) is 3.20. The Labute approximate surface area is 166 Å². The number of nitrogens with one attached hydrogen (secondary N) is 3. The van der Waals surface area contributed by atoms with Crippen molar-refractivity contribution in [1.82, 2.24) is 20.9 Å². The average Bonchev–Trinajstić information content (AvgIpc) is 2.96. The number of aliphatic imine (C=N–C) groups is 1. The number of rotatable bonds is 7. The normalized spacial score (nSPS) is 12.5. The molecule has 3 N–H and O–H groups in total. The first-order valence-electron chi connectivity index (χ1n) is 9.07. The highest BCUT2D eigenvalue weighted by molar-refractivity contribution is 7.13. The van der Waals surface area contributed by atoms with Crippen molar-refractivity contribution >= 4 is 28.5 Å². The van der Waals surface area contributed by atoms with Gasteiger partial charge in [-0.2, -0.15) is 0 Å². The van der Waals surface area contributed by atoms with E-state index in [2.05, 4.69) is 25.9 Å². The summed E-state index contributed by atoms with van der Waals surface area (Å²) in [5, 5.41) is 12.3. The Bertz CT molecular complexity index is 634. The fourth-order valence-corrected chi connectivity index (χ4v) is 2.75. The Hall–Kier alpha value is -2.03. The number of nitrogens with zero attached hydrogens (tertiary/aromatic N) is 3. The zero-order chi connectivity index (χ0) is 20.7. The van der Waals surface area contributed by atoms with Gasteiger partial charge < -0.3 is 25.6 Å². The molecule has 0 fully saturated rings. The van der Waals surface area contributed by atoms with Crippen molar-refractivity contribution in [1.29, 1.82) is 0 Å². The Morgan fingerprint density at radius 1 is 1.26 bits per heavy atom. The fraction of sp³-hybridized carbons (Fsp3) is 0.722. The van der Waals surface area contributed by atoms with Gasteiger partial charge in [0.1, 0.15) is 5.60 Å². The number of hydrogen-bond donors (Lipinski definition) is 3. The van der Waals surface area contributed by atoms with E-state index in [1.54, 1.807) is 11.3 Å². The van der Waals surface area contributed by atoms with E-state index in [-0.39, 0.29) is 0 Å². The summed E-state index contributed by atoms with van der Waals surface area (Å²) < 4.78 is 5.32. The van der Waals surface area contributed by atoms with Gasteiger partial charge in [-0.1, -0.05) is 0 Å². The molecule has 1 aromatic rings. The molecule has 8 nitrogen and oxygen atoms in total. The number of carbonyl (C=O) groups excluding carboxylic acids is 1. The molecule has 0 bridgehead atoms. The van der Waals surface area contributed by atoms with Gasteiger partial charge in [0.05, 0.1) is 17.8 Å². The number of thiazole rings is 1. The molecule has 0 saturated carbocycles. The first-order valence-corrected chi connectivity index (χ1v) is 9.95. The predicted molar refractivity (Wildman–Crippen MR) is 113 cm³/mol. The van der Waals surface area contributed by atoms with Crippen LogP contribution in [0.1, 0.15) is 47.2 Å². The van der Waals surface area contributed by atoms with Crippen LogP contribution in [0.15, 0.2) is 10.4 Å². The molecule has 154 valence electrons. The van der Waals surface area contributed by atoms with Crippen LogP contribution in [0.3, 0.4) is 0 Å². The lowest BCUT2D eigenvalue weighted by atomic mass is 10.1. The van der Waals surface area contributed by atoms with Crippen molar-refractivity contribution in [3.05, 3.63) is 11.1 Å². The van der Waals surface area contributed by atoms with Crippen molar-refractivity contribution in [3.63, 3.8) is 0 Å². The molecule has 0 unspecified atom stereocenters. The van der Waals surface area contributed by atoms with Crippen molar-refractivity contribution in [2.24, 2.45) is 4.99 Å². The highest BCUT2D eigenvalue weighted by Crippen LogP contribution is 2.18. The van der Waals surface area contributed by atoms with Crippen LogP contribution in [0.2, 0.25) is 0 Å². The molecule has 0 saturated heterocycles. The smallest absolute Gasteiger partial charge is 0.408 e. The van der Waals surface area contributed by atoms with E-state index in [1.165, 1.54) is 0 Å². The van der Waals surface area contributed by atoms with E-state index in [1.807, 2.05) is 65.9 Å². The zero-order valence-electron chi connectivity index (χ0n) is 17.8. The largest absolute Gasteiger partial charge is 0.444 e. The number of hydrogen-bond acceptors (Lipinski definition) is 6. The van der Waals surface area contributed by atoms with Crippen LogP contribution in [0.5, 0.6) is 0 Å². The Morgan fingerprint density at radius 3 is 2.44 bits per heavy atom. The summed E-state index contributed by atoms with van der Waals surface area (Å²) in [5.74, 6) is 0.677. The van der Waals surface area contributed by atoms with Gasteiger partial charge in [-0.3, -0.25) is 0 Å². The van der Waals surface area contributed by atoms with E-state index in [0.29, 0.717) is 19.0 Å². The summed E-state index contributed by atoms with van der Waals surface area (Å²) >= 11 is 1.59. The fourth-order valence-electron chi connectivity index (χ4n) is 2.00. The molecular formula is C18H34N6O2S. The summed E-state index contributed by atoms with van der Waals surface area (Å²) in [5.41, 5.74) is -0.104. The van der Waals surface area contributed by atoms with Gasteiger partial charge in [-0.25, -0.2) is 14.8 Å². The molecule has 0 aliphatic rings. The Morgan fingerprint density at radius 2 is 1.93 bits per heavy atom. The third kappa shape index (κ3) is 9.46. The number of amides is 1. The van der Waals surface area contributed by atoms with Gasteiger partial charge in [-0.05, 0) is 41.5 Å². The van der Waals surface area contributed by atoms with Gasteiger partial charge in [0.15, 0.2) is 11.1 Å². The van der Waals surface area contributed by atoms with E-state index < -0.39 is 17.2 Å². The van der Waals surface area contributed by atoms with Crippen LogP contribution in [-0.2, 0) is 11.3 Å². The van der Waals surface area contributed by atoms with E-state index in [4.69, 9.17) is 4.74 Å². The maximum Gasteiger partial charge on any atom is 0.408 e. The maximum atomic E-state index is 12.0. The second kappa shape index (κ2) is 9.77. The van der Waals surface area contributed by atoms with Gasteiger partial charge in [0.25, 0.3) is 0 Å². The molecule has 1 rings (SSSR count). The molecule has 0 aliphatic carbocycles. The van der Waals surface area contributed by atoms with Crippen molar-refractivity contribution in [2.75, 3.05) is 32.1 Å². The molecule has 1 amide bonds. The van der Waals surface area contributed by atoms with Crippen LogP contribution in [0, 0.1) is 0 Å². The number of guanidine groups is 1. The number of aromatic nitrogens is 1. The van der Waals surface area contributed by atoms with Crippen molar-refractivity contribution in [3.8, 4) is 0 Å². The molecule has 0 aliphatic heterocycles. The lowest BCUT2D eigenvalue weighted by Crippen LogP contribution is -2.54. The molecule has 1 aromatic heterocycles. The first-order chi connectivity index (χ1) is 12.4. The van der Waals surface area contributed by atoms with Gasteiger partial charge in [-0.15, -0.1) is 11.3 Å². The Balaban J connectivity index is 2.63. The highest BCUT2D eigenvalue weighted by atomic mass is 32.1. The van der Waals surface area contributed by atoms with Crippen LogP contribution >= 0.6 is 11.3 Å². The van der Waals surface area contributed by atoms with Crippen molar-refractivity contribution < 1.29 is 9.53 Å². The van der Waals surface area contributed by atoms with E-state index in [0.717, 1.165) is 17.4 Å². The number of carbonyl (C=O) groups is 1. The molecular weight excluding hydrogens is 364 g/mol. The molecule has 9 heteroatoms. The third-order valence-corrected chi connectivity index (χ3v) is 4.26. The highest BCUT2D eigenvalue weighted by Gasteiger charge is 2.24. The minimum Gasteiger partial charge on any atom is -0.444 e. The van der Waals surface area contributed by atoms with Crippen molar-refractivity contribution in [2.45, 2.75) is 59.2 Å². The lowest BCUT2D eigenvalue weighted by molar-refractivity contribution is 0.0474. The molecule has 1 heterocycles. The molecule has 0 atom stereocenters. The van der Waals surface area contributed by atoms with Gasteiger partial charge >= 0.3 is 6.09 Å². The zero-order valence-corrected chi connectivity index (χ0v) is 18.6. The monoisotopic (exact) mass is 398 g/mol. The number of anilines is 1. The lowest BCUT2D eigenvalue weighted by Gasteiger charge is -2.29. The summed E-state index contributed by atoms with van der Waals surface area (Å²) in [6, 6.07) is 0. The Kier molecular flexibility index (Phi) is 8.33. The molecule has 0 spiro atoms. The summed E-state index contributed by atoms with van der Waals surface area (Å²) in [6.45, 7) is 13.1. The minimum absolute atomic E-state index is 0.435. The van der Waals surface area contributed by atoms with Gasteiger partial charge in [0, 0.05) is 32.6 Å². The summed E-state index contributed by atoms with van der Waals surface area (Å²) in [6.07, 6.45) is -0.435. The first kappa shape index (κ1) is 23.0. The van der Waals surface area contributed by atoms with Crippen LogP contribution < -0.4 is 20.9 Å². The number of ether oxygens (including phenoxy) is 1. The average molecular weight is 399 g/mol. The second-order valence-corrected chi connectivity index (χ2v) is 8.91. The SMILES string of the molecule is CCNC(=NCc1csc(N(C)C)n1)NCC(C)(C)NC(=O)OC(C)(C)C. The van der Waals surface area contributed by atoms with Crippen LogP contribution in [0.25, 0.3) is 0 Å². The number of alkyl carbamates (subject to hydrolysis) is 1. The quantitative estimate of drug-likeness (QED) is 0.483.